The summed E-state index contributed by atoms with van der Waals surface area (Å²) in [7, 11) is 4.36. The Morgan fingerprint density at radius 1 is 1.38 bits per heavy atom. The van der Waals surface area contributed by atoms with Gasteiger partial charge in [-0.25, -0.2) is 0 Å². The fourth-order valence-corrected chi connectivity index (χ4v) is 3.94. The zero-order chi connectivity index (χ0) is 15.2. The Kier molecular flexibility index (Phi) is 6.31. The monoisotopic (exact) mass is 292 g/mol. The van der Waals surface area contributed by atoms with Gasteiger partial charge in [0.15, 0.2) is 0 Å². The number of nitrogens with one attached hydrogen (secondary N) is 1. The molecule has 1 aromatic heterocycles. The molecule has 0 spiro atoms. The molecule has 1 aromatic rings. The second kappa shape index (κ2) is 8.00. The van der Waals surface area contributed by atoms with Crippen LogP contribution in [0.3, 0.4) is 0 Å². The van der Waals surface area contributed by atoms with Crippen LogP contribution >= 0.6 is 0 Å². The van der Waals surface area contributed by atoms with Crippen LogP contribution in [0.15, 0.2) is 16.7 Å². The maximum absolute atomic E-state index is 5.41. The third-order valence-electron chi connectivity index (χ3n) is 5.11. The van der Waals surface area contributed by atoms with Crippen LogP contribution in [0.25, 0.3) is 0 Å². The Bertz CT molecular complexity index is 415. The SMILES string of the molecule is CCCC1CCC(NC)C(CN(C)Cc2ccoc2C)C1. The molecule has 0 radical (unpaired) electrons. The Morgan fingerprint density at radius 2 is 2.19 bits per heavy atom. The summed E-state index contributed by atoms with van der Waals surface area (Å²) in [6.07, 6.45) is 8.65. The van der Waals surface area contributed by atoms with Crippen LogP contribution in [0.2, 0.25) is 0 Å². The van der Waals surface area contributed by atoms with Gasteiger partial charge in [0.1, 0.15) is 5.76 Å². The summed E-state index contributed by atoms with van der Waals surface area (Å²) in [5, 5.41) is 3.55. The molecule has 2 rings (SSSR count). The van der Waals surface area contributed by atoms with Gasteiger partial charge in [-0.15, -0.1) is 0 Å². The fraction of sp³-hybridized carbons (Fsp3) is 0.778. The summed E-state index contributed by atoms with van der Waals surface area (Å²) in [4.78, 5) is 2.46. The molecule has 1 saturated carbocycles. The maximum atomic E-state index is 5.41. The van der Waals surface area contributed by atoms with Crippen molar-refractivity contribution in [3.8, 4) is 0 Å². The van der Waals surface area contributed by atoms with Crippen LogP contribution in [0, 0.1) is 18.8 Å². The number of nitrogens with zero attached hydrogens (tertiary/aromatic N) is 1. The lowest BCUT2D eigenvalue weighted by molar-refractivity contribution is 0.150. The van der Waals surface area contributed by atoms with Crippen LogP contribution in [-0.4, -0.2) is 31.6 Å². The summed E-state index contributed by atoms with van der Waals surface area (Å²) in [6, 6.07) is 2.79. The number of rotatable bonds is 7. The molecule has 1 aliphatic carbocycles. The number of hydrogen-bond donors (Lipinski definition) is 1. The van der Waals surface area contributed by atoms with Crippen LogP contribution in [0.1, 0.15) is 50.4 Å². The largest absolute Gasteiger partial charge is 0.469 e. The lowest BCUT2D eigenvalue weighted by atomic mass is 9.76. The van der Waals surface area contributed by atoms with E-state index in [2.05, 4.69) is 44.2 Å². The summed E-state index contributed by atoms with van der Waals surface area (Å²) in [5.74, 6) is 2.77. The van der Waals surface area contributed by atoms with E-state index in [1.165, 1.54) is 44.2 Å². The summed E-state index contributed by atoms with van der Waals surface area (Å²) in [5.41, 5.74) is 1.32. The first-order chi connectivity index (χ1) is 10.1. The Labute approximate surface area is 130 Å². The smallest absolute Gasteiger partial charge is 0.105 e. The van der Waals surface area contributed by atoms with Gasteiger partial charge >= 0.3 is 0 Å². The van der Waals surface area contributed by atoms with Gasteiger partial charge in [-0.1, -0.05) is 19.8 Å². The normalized spacial score (nSPS) is 26.4. The Morgan fingerprint density at radius 3 is 2.81 bits per heavy atom. The van der Waals surface area contributed by atoms with Crippen molar-refractivity contribution in [3.05, 3.63) is 23.7 Å². The van der Waals surface area contributed by atoms with Crippen molar-refractivity contribution >= 4 is 0 Å². The zero-order valence-electron chi connectivity index (χ0n) is 14.2. The van der Waals surface area contributed by atoms with E-state index in [9.17, 15) is 0 Å². The number of furan rings is 1. The topological polar surface area (TPSA) is 28.4 Å². The molecule has 120 valence electrons. The van der Waals surface area contributed by atoms with E-state index < -0.39 is 0 Å². The minimum absolute atomic E-state index is 0.686. The highest BCUT2D eigenvalue weighted by atomic mass is 16.3. The highest BCUT2D eigenvalue weighted by molar-refractivity contribution is 5.15. The minimum Gasteiger partial charge on any atom is -0.469 e. The first-order valence-corrected chi connectivity index (χ1v) is 8.52. The van der Waals surface area contributed by atoms with Crippen LogP contribution in [0.4, 0.5) is 0 Å². The molecule has 1 N–H and O–H groups in total. The second-order valence-electron chi connectivity index (χ2n) is 6.82. The Hall–Kier alpha value is -0.800. The average Bonchev–Trinajstić information content (AvgIpc) is 2.85. The van der Waals surface area contributed by atoms with Gasteiger partial charge in [-0.2, -0.15) is 0 Å². The molecule has 3 unspecified atom stereocenters. The quantitative estimate of drug-likeness (QED) is 0.828. The van der Waals surface area contributed by atoms with Crippen LogP contribution < -0.4 is 5.32 Å². The standard InChI is InChI=1S/C18H32N2O/c1-5-6-15-7-8-18(19-3)17(11-15)13-20(4)12-16-9-10-21-14(16)2/h9-10,15,17-19H,5-8,11-13H2,1-4H3. The number of aryl methyl sites for hydroxylation is 1. The molecular weight excluding hydrogens is 260 g/mol. The molecule has 0 aliphatic heterocycles. The predicted molar refractivity (Wildman–Crippen MR) is 88.4 cm³/mol. The third-order valence-corrected chi connectivity index (χ3v) is 5.11. The minimum atomic E-state index is 0.686. The van der Waals surface area contributed by atoms with Crippen LogP contribution in [-0.2, 0) is 6.54 Å². The van der Waals surface area contributed by atoms with E-state index >= 15 is 0 Å². The molecule has 0 saturated heterocycles. The van der Waals surface area contributed by atoms with Gasteiger partial charge < -0.3 is 14.6 Å². The van der Waals surface area contributed by atoms with Gasteiger partial charge in [-0.05, 0) is 58.2 Å². The van der Waals surface area contributed by atoms with E-state index in [1.54, 1.807) is 6.26 Å². The van der Waals surface area contributed by atoms with Crippen molar-refractivity contribution < 1.29 is 4.42 Å². The molecule has 1 aliphatic rings. The van der Waals surface area contributed by atoms with Crippen molar-refractivity contribution in [2.45, 2.75) is 58.5 Å². The third kappa shape index (κ3) is 4.58. The van der Waals surface area contributed by atoms with Crippen molar-refractivity contribution in [3.63, 3.8) is 0 Å². The second-order valence-corrected chi connectivity index (χ2v) is 6.82. The number of hydrogen-bond acceptors (Lipinski definition) is 3. The fourth-order valence-electron chi connectivity index (χ4n) is 3.94. The molecule has 3 nitrogen and oxygen atoms in total. The summed E-state index contributed by atoms with van der Waals surface area (Å²) < 4.78 is 5.41. The molecule has 0 amide bonds. The van der Waals surface area contributed by atoms with Gasteiger partial charge in [-0.3, -0.25) is 0 Å². The zero-order valence-corrected chi connectivity index (χ0v) is 14.2. The average molecular weight is 292 g/mol. The van der Waals surface area contributed by atoms with Gasteiger partial charge in [0.2, 0.25) is 0 Å². The first kappa shape index (κ1) is 16.6. The van der Waals surface area contributed by atoms with Crippen LogP contribution in [0.5, 0.6) is 0 Å². The first-order valence-electron chi connectivity index (χ1n) is 8.52. The summed E-state index contributed by atoms with van der Waals surface area (Å²) >= 11 is 0. The molecule has 3 heteroatoms. The molecule has 21 heavy (non-hydrogen) atoms. The van der Waals surface area contributed by atoms with E-state index in [4.69, 9.17) is 4.42 Å². The molecule has 3 atom stereocenters. The molecule has 0 aromatic carbocycles. The summed E-state index contributed by atoms with van der Waals surface area (Å²) in [6.45, 7) is 6.54. The molecular formula is C18H32N2O. The molecule has 0 bridgehead atoms. The van der Waals surface area contributed by atoms with E-state index in [0.29, 0.717) is 6.04 Å². The van der Waals surface area contributed by atoms with Gasteiger partial charge in [0.05, 0.1) is 6.26 Å². The van der Waals surface area contributed by atoms with Crippen molar-refractivity contribution in [1.29, 1.82) is 0 Å². The van der Waals surface area contributed by atoms with Crippen molar-refractivity contribution in [2.24, 2.45) is 11.8 Å². The van der Waals surface area contributed by atoms with E-state index in [-0.39, 0.29) is 0 Å². The Balaban J connectivity index is 1.89. The highest BCUT2D eigenvalue weighted by Crippen LogP contribution is 2.32. The molecule has 1 fully saturated rings. The lowest BCUT2D eigenvalue weighted by Gasteiger charge is -2.38. The molecule has 1 heterocycles. The van der Waals surface area contributed by atoms with E-state index in [0.717, 1.165) is 24.1 Å². The maximum Gasteiger partial charge on any atom is 0.105 e. The van der Waals surface area contributed by atoms with Crippen molar-refractivity contribution in [1.82, 2.24) is 10.2 Å². The lowest BCUT2D eigenvalue weighted by Crippen LogP contribution is -2.43. The van der Waals surface area contributed by atoms with Gasteiger partial charge in [0.25, 0.3) is 0 Å². The van der Waals surface area contributed by atoms with Crippen molar-refractivity contribution in [2.75, 3.05) is 20.6 Å². The predicted octanol–water partition coefficient (Wildman–Crippen LogP) is 3.82. The van der Waals surface area contributed by atoms with Gasteiger partial charge in [0, 0.05) is 24.7 Å². The highest BCUT2D eigenvalue weighted by Gasteiger charge is 2.29. The van der Waals surface area contributed by atoms with E-state index in [1.807, 2.05) is 0 Å².